The number of aromatic nitrogens is 5. The number of esters is 1. The number of hydrogen-bond donors (Lipinski definition) is 0. The number of thioether (sulfide) groups is 1. The Morgan fingerprint density at radius 3 is 2.83 bits per heavy atom. The first kappa shape index (κ1) is 15.4. The van der Waals surface area contributed by atoms with Gasteiger partial charge in [-0.1, -0.05) is 35.2 Å². The number of benzene rings is 1. The van der Waals surface area contributed by atoms with Gasteiger partial charge in [-0.05, 0) is 26.0 Å². The Bertz CT molecular complexity index is 821. The van der Waals surface area contributed by atoms with Gasteiger partial charge in [0.25, 0.3) is 0 Å². The van der Waals surface area contributed by atoms with E-state index in [9.17, 15) is 4.79 Å². The first-order chi connectivity index (χ1) is 11.2. The van der Waals surface area contributed by atoms with Crippen molar-refractivity contribution in [2.24, 2.45) is 0 Å². The summed E-state index contributed by atoms with van der Waals surface area (Å²) in [5.74, 6) is -0.278. The number of hydrogen-bond acceptors (Lipinski definition) is 7. The lowest BCUT2D eigenvalue weighted by molar-refractivity contribution is -0.142. The summed E-state index contributed by atoms with van der Waals surface area (Å²) in [6, 6.07) is 9.61. The van der Waals surface area contributed by atoms with Crippen molar-refractivity contribution in [1.82, 2.24) is 25.0 Å². The summed E-state index contributed by atoms with van der Waals surface area (Å²) in [5, 5.41) is 8.55. The van der Waals surface area contributed by atoms with Crippen molar-refractivity contribution in [3.05, 3.63) is 36.7 Å². The molecule has 0 unspecified atom stereocenters. The van der Waals surface area contributed by atoms with E-state index in [2.05, 4.69) is 20.3 Å². The molecule has 0 radical (unpaired) electrons. The molecule has 0 saturated carbocycles. The summed E-state index contributed by atoms with van der Waals surface area (Å²) >= 11 is 1.29. The zero-order valence-corrected chi connectivity index (χ0v) is 13.5. The van der Waals surface area contributed by atoms with E-state index in [1.165, 1.54) is 18.1 Å². The summed E-state index contributed by atoms with van der Waals surface area (Å²) in [7, 11) is 0. The van der Waals surface area contributed by atoms with Crippen LogP contribution in [0, 0.1) is 0 Å². The zero-order chi connectivity index (χ0) is 16.2. The highest BCUT2D eigenvalue weighted by Crippen LogP contribution is 2.27. The summed E-state index contributed by atoms with van der Waals surface area (Å²) in [6.45, 7) is 3.91. The number of carbonyl (C=O) groups is 1. The number of para-hydroxylation sites is 1. The van der Waals surface area contributed by atoms with E-state index in [1.54, 1.807) is 18.5 Å². The van der Waals surface area contributed by atoms with Crippen molar-refractivity contribution in [3.63, 3.8) is 0 Å². The SMILES string of the molecule is CCOC(=O)[C@H](C)Sc1ncnc2c1nnn2-c1ccccc1. The molecular weight excluding hydrogens is 314 g/mol. The molecule has 0 N–H and O–H groups in total. The molecule has 7 nitrogen and oxygen atoms in total. The Kier molecular flexibility index (Phi) is 4.52. The van der Waals surface area contributed by atoms with Crippen LogP contribution in [0.25, 0.3) is 16.9 Å². The number of ether oxygens (including phenoxy) is 1. The summed E-state index contributed by atoms with van der Waals surface area (Å²) in [4.78, 5) is 20.3. The van der Waals surface area contributed by atoms with Crippen LogP contribution < -0.4 is 0 Å². The predicted octanol–water partition coefficient (Wildman–Crippen LogP) is 2.25. The van der Waals surface area contributed by atoms with Gasteiger partial charge in [-0.2, -0.15) is 4.68 Å². The second kappa shape index (κ2) is 6.74. The normalized spacial score (nSPS) is 12.3. The fourth-order valence-electron chi connectivity index (χ4n) is 2.03. The third-order valence-electron chi connectivity index (χ3n) is 3.11. The molecule has 2 heterocycles. The summed E-state index contributed by atoms with van der Waals surface area (Å²) in [6.07, 6.45) is 1.45. The van der Waals surface area contributed by atoms with Crippen molar-refractivity contribution < 1.29 is 9.53 Å². The van der Waals surface area contributed by atoms with Crippen LogP contribution in [0.4, 0.5) is 0 Å². The maximum atomic E-state index is 11.8. The second-order valence-electron chi connectivity index (χ2n) is 4.70. The molecule has 0 aliphatic carbocycles. The highest BCUT2D eigenvalue weighted by atomic mass is 32.2. The Balaban J connectivity index is 1.95. The molecule has 0 amide bonds. The van der Waals surface area contributed by atoms with Crippen molar-refractivity contribution in [2.45, 2.75) is 24.1 Å². The molecule has 0 aliphatic rings. The predicted molar refractivity (Wildman–Crippen MR) is 86.4 cm³/mol. The lowest BCUT2D eigenvalue weighted by Crippen LogP contribution is -2.16. The van der Waals surface area contributed by atoms with E-state index in [4.69, 9.17) is 4.74 Å². The lowest BCUT2D eigenvalue weighted by atomic mass is 10.3. The maximum absolute atomic E-state index is 11.8. The molecule has 2 aromatic heterocycles. The van der Waals surface area contributed by atoms with Crippen LogP contribution in [-0.2, 0) is 9.53 Å². The quantitative estimate of drug-likeness (QED) is 0.403. The molecule has 8 heteroatoms. The van der Waals surface area contributed by atoms with E-state index in [0.717, 1.165) is 5.69 Å². The average Bonchev–Trinajstić information content (AvgIpc) is 3.01. The molecule has 0 fully saturated rings. The van der Waals surface area contributed by atoms with Crippen LogP contribution in [0.15, 0.2) is 41.7 Å². The van der Waals surface area contributed by atoms with Gasteiger partial charge in [0.15, 0.2) is 11.2 Å². The smallest absolute Gasteiger partial charge is 0.319 e. The van der Waals surface area contributed by atoms with E-state index in [-0.39, 0.29) is 11.2 Å². The van der Waals surface area contributed by atoms with Gasteiger partial charge in [-0.3, -0.25) is 4.79 Å². The monoisotopic (exact) mass is 329 g/mol. The molecule has 0 spiro atoms. The number of rotatable bonds is 5. The molecule has 3 rings (SSSR count). The van der Waals surface area contributed by atoms with E-state index in [0.29, 0.717) is 22.8 Å². The van der Waals surface area contributed by atoms with Gasteiger partial charge in [0.05, 0.1) is 12.3 Å². The van der Waals surface area contributed by atoms with Gasteiger partial charge >= 0.3 is 5.97 Å². The van der Waals surface area contributed by atoms with Gasteiger partial charge in [-0.15, -0.1) is 5.10 Å². The topological polar surface area (TPSA) is 82.8 Å². The number of nitrogens with zero attached hydrogens (tertiary/aromatic N) is 5. The van der Waals surface area contributed by atoms with Gasteiger partial charge in [0.1, 0.15) is 16.6 Å². The second-order valence-corrected chi connectivity index (χ2v) is 6.03. The third-order valence-corrected chi connectivity index (χ3v) is 4.18. The Labute approximate surface area is 137 Å². The first-order valence-corrected chi connectivity index (χ1v) is 8.03. The van der Waals surface area contributed by atoms with Crippen molar-refractivity contribution in [3.8, 4) is 5.69 Å². The van der Waals surface area contributed by atoms with Gasteiger partial charge in [0.2, 0.25) is 0 Å². The Hall–Kier alpha value is -2.48. The zero-order valence-electron chi connectivity index (χ0n) is 12.7. The van der Waals surface area contributed by atoms with Crippen LogP contribution in [0.3, 0.4) is 0 Å². The first-order valence-electron chi connectivity index (χ1n) is 7.15. The minimum absolute atomic E-state index is 0.278. The molecular formula is C15H15N5O2S. The van der Waals surface area contributed by atoms with E-state index < -0.39 is 0 Å². The number of fused-ring (bicyclic) bond motifs is 1. The van der Waals surface area contributed by atoms with Crippen LogP contribution >= 0.6 is 11.8 Å². The van der Waals surface area contributed by atoms with E-state index >= 15 is 0 Å². The standard InChI is InChI=1S/C15H15N5O2S/c1-3-22-15(21)10(2)23-14-12-13(16-9-17-14)20(19-18-12)11-7-5-4-6-8-11/h4-10H,3H2,1-2H3/t10-/m0/s1. The van der Waals surface area contributed by atoms with Crippen LogP contribution in [0.1, 0.15) is 13.8 Å². The minimum Gasteiger partial charge on any atom is -0.465 e. The molecule has 0 bridgehead atoms. The fourth-order valence-corrected chi connectivity index (χ4v) is 2.88. The molecule has 1 aromatic carbocycles. The highest BCUT2D eigenvalue weighted by molar-refractivity contribution is 8.00. The molecule has 0 aliphatic heterocycles. The highest BCUT2D eigenvalue weighted by Gasteiger charge is 2.20. The maximum Gasteiger partial charge on any atom is 0.319 e. The average molecular weight is 329 g/mol. The molecule has 1 atom stereocenters. The molecule has 0 saturated heterocycles. The minimum atomic E-state index is -0.380. The fraction of sp³-hybridized carbons (Fsp3) is 0.267. The number of carbonyl (C=O) groups excluding carboxylic acids is 1. The van der Waals surface area contributed by atoms with Crippen molar-refractivity contribution in [2.75, 3.05) is 6.61 Å². The molecule has 118 valence electrons. The van der Waals surface area contributed by atoms with Crippen LogP contribution in [0.2, 0.25) is 0 Å². The Morgan fingerprint density at radius 1 is 1.30 bits per heavy atom. The summed E-state index contributed by atoms with van der Waals surface area (Å²) in [5.41, 5.74) is 2.03. The van der Waals surface area contributed by atoms with Gasteiger partial charge in [0, 0.05) is 0 Å². The van der Waals surface area contributed by atoms with Crippen LogP contribution in [-0.4, -0.2) is 42.8 Å². The van der Waals surface area contributed by atoms with Crippen molar-refractivity contribution in [1.29, 1.82) is 0 Å². The largest absolute Gasteiger partial charge is 0.465 e. The lowest BCUT2D eigenvalue weighted by Gasteiger charge is -2.09. The molecule has 3 aromatic rings. The van der Waals surface area contributed by atoms with Gasteiger partial charge < -0.3 is 4.74 Å². The van der Waals surface area contributed by atoms with Gasteiger partial charge in [-0.25, -0.2) is 9.97 Å². The van der Waals surface area contributed by atoms with Crippen LogP contribution in [0.5, 0.6) is 0 Å². The Morgan fingerprint density at radius 2 is 2.09 bits per heavy atom. The third kappa shape index (κ3) is 3.16. The van der Waals surface area contributed by atoms with E-state index in [1.807, 2.05) is 30.3 Å². The van der Waals surface area contributed by atoms with Crippen molar-refractivity contribution >= 4 is 28.9 Å². The summed E-state index contributed by atoms with van der Waals surface area (Å²) < 4.78 is 6.67. The molecule has 23 heavy (non-hydrogen) atoms.